The van der Waals surface area contributed by atoms with Crippen LogP contribution in [-0.4, -0.2) is 74.3 Å². The quantitative estimate of drug-likeness (QED) is 0.325. The van der Waals surface area contributed by atoms with E-state index in [9.17, 15) is 4.79 Å². The molecule has 0 saturated carbocycles. The molecule has 24 heavy (non-hydrogen) atoms. The van der Waals surface area contributed by atoms with E-state index in [-0.39, 0.29) is 47.5 Å². The lowest BCUT2D eigenvalue weighted by Gasteiger charge is -2.41. The number of morpholine rings is 1. The predicted molar refractivity (Wildman–Crippen MR) is 109 cm³/mol. The summed E-state index contributed by atoms with van der Waals surface area (Å²) < 4.78 is 5.40. The van der Waals surface area contributed by atoms with Crippen molar-refractivity contribution in [2.75, 3.05) is 46.4 Å². The van der Waals surface area contributed by atoms with Crippen LogP contribution >= 0.6 is 24.0 Å². The fourth-order valence-electron chi connectivity index (χ4n) is 2.43. The lowest BCUT2D eigenvalue weighted by Crippen LogP contribution is -2.57. The van der Waals surface area contributed by atoms with Crippen LogP contribution in [-0.2, 0) is 9.53 Å². The Morgan fingerprint density at radius 2 is 1.71 bits per heavy atom. The molecule has 1 aliphatic heterocycles. The van der Waals surface area contributed by atoms with Crippen LogP contribution in [0.5, 0.6) is 0 Å². The number of ether oxygens (including phenoxy) is 1. The maximum absolute atomic E-state index is 11.8. The Bertz CT molecular complexity index is 415. The Balaban J connectivity index is 0.00000529. The fraction of sp³-hybridized carbons (Fsp3) is 0.875. The first-order chi connectivity index (χ1) is 10.6. The zero-order chi connectivity index (χ0) is 17.5. The average molecular weight is 455 g/mol. The second-order valence-corrected chi connectivity index (χ2v) is 7.49. The second-order valence-electron chi connectivity index (χ2n) is 7.49. The van der Waals surface area contributed by atoms with E-state index in [0.29, 0.717) is 5.96 Å². The highest BCUT2D eigenvalue weighted by atomic mass is 127. The van der Waals surface area contributed by atoms with Gasteiger partial charge in [-0.2, -0.15) is 0 Å². The first-order valence-corrected chi connectivity index (χ1v) is 8.22. The molecule has 1 fully saturated rings. The maximum atomic E-state index is 11.8. The van der Waals surface area contributed by atoms with Gasteiger partial charge >= 0.3 is 0 Å². The molecule has 0 atom stereocenters. The number of hydrogen-bond donors (Lipinski definition) is 3. The van der Waals surface area contributed by atoms with E-state index in [1.54, 1.807) is 7.05 Å². The molecule has 1 heterocycles. The molecule has 0 aromatic rings. The molecule has 0 unspecified atom stereocenters. The number of carbonyl (C=O) groups is 1. The molecule has 3 N–H and O–H groups in total. The molecular weight excluding hydrogens is 421 g/mol. The van der Waals surface area contributed by atoms with Crippen LogP contribution in [0, 0.1) is 0 Å². The summed E-state index contributed by atoms with van der Waals surface area (Å²) in [5.41, 5.74) is -0.233. The fourth-order valence-corrected chi connectivity index (χ4v) is 2.43. The smallest absolute Gasteiger partial charge is 0.239 e. The van der Waals surface area contributed by atoms with E-state index in [1.807, 2.05) is 20.8 Å². The zero-order valence-corrected chi connectivity index (χ0v) is 18.2. The van der Waals surface area contributed by atoms with Gasteiger partial charge in [0.15, 0.2) is 5.96 Å². The highest BCUT2D eigenvalue weighted by molar-refractivity contribution is 14.0. The largest absolute Gasteiger partial charge is 0.379 e. The minimum absolute atomic E-state index is 0. The summed E-state index contributed by atoms with van der Waals surface area (Å²) in [7, 11) is 1.71. The van der Waals surface area contributed by atoms with Gasteiger partial charge in [0.25, 0.3) is 0 Å². The van der Waals surface area contributed by atoms with Gasteiger partial charge in [0.2, 0.25) is 5.91 Å². The molecule has 0 radical (unpaired) electrons. The summed E-state index contributed by atoms with van der Waals surface area (Å²) in [6.07, 6.45) is 0. The number of amides is 1. The van der Waals surface area contributed by atoms with Gasteiger partial charge in [-0.15, -0.1) is 24.0 Å². The summed E-state index contributed by atoms with van der Waals surface area (Å²) >= 11 is 0. The monoisotopic (exact) mass is 455 g/mol. The van der Waals surface area contributed by atoms with Gasteiger partial charge in [0, 0.05) is 37.8 Å². The van der Waals surface area contributed by atoms with Crippen molar-refractivity contribution in [2.45, 2.75) is 45.7 Å². The van der Waals surface area contributed by atoms with E-state index in [0.717, 1.165) is 32.8 Å². The van der Waals surface area contributed by atoms with Crippen molar-refractivity contribution in [3.05, 3.63) is 0 Å². The van der Waals surface area contributed by atoms with Gasteiger partial charge < -0.3 is 20.7 Å². The van der Waals surface area contributed by atoms with E-state index in [1.165, 1.54) is 0 Å². The summed E-state index contributed by atoms with van der Waals surface area (Å²) in [6.45, 7) is 14.7. The number of halogens is 1. The highest BCUT2D eigenvalue weighted by Gasteiger charge is 2.28. The van der Waals surface area contributed by atoms with Crippen LogP contribution in [0.3, 0.4) is 0 Å². The maximum Gasteiger partial charge on any atom is 0.239 e. The van der Waals surface area contributed by atoms with Crippen LogP contribution in [0.15, 0.2) is 4.99 Å². The number of hydrogen-bond acceptors (Lipinski definition) is 4. The van der Waals surface area contributed by atoms with Gasteiger partial charge in [-0.1, -0.05) is 0 Å². The predicted octanol–water partition coefficient (Wildman–Crippen LogP) is 0.795. The van der Waals surface area contributed by atoms with Crippen LogP contribution in [0.1, 0.15) is 34.6 Å². The topological polar surface area (TPSA) is 78.0 Å². The Morgan fingerprint density at radius 3 is 2.21 bits per heavy atom. The van der Waals surface area contributed by atoms with Crippen molar-refractivity contribution < 1.29 is 9.53 Å². The second kappa shape index (κ2) is 10.4. The first kappa shape index (κ1) is 23.4. The SMILES string of the molecule is CN=C(NCC(=O)NC(C)(C)C)NCC(C)(C)N1CCOCC1.I. The lowest BCUT2D eigenvalue weighted by atomic mass is 10.0. The first-order valence-electron chi connectivity index (χ1n) is 8.22. The van der Waals surface area contributed by atoms with E-state index < -0.39 is 0 Å². The number of nitrogens with zero attached hydrogens (tertiary/aromatic N) is 2. The average Bonchev–Trinajstić information content (AvgIpc) is 2.46. The third-order valence-electron chi connectivity index (χ3n) is 3.71. The van der Waals surface area contributed by atoms with Gasteiger partial charge in [-0.25, -0.2) is 0 Å². The van der Waals surface area contributed by atoms with Crippen molar-refractivity contribution in [3.8, 4) is 0 Å². The number of rotatable bonds is 5. The van der Waals surface area contributed by atoms with Gasteiger partial charge in [-0.05, 0) is 34.6 Å². The molecule has 1 amide bonds. The van der Waals surface area contributed by atoms with Crippen LogP contribution in [0.2, 0.25) is 0 Å². The van der Waals surface area contributed by atoms with Gasteiger partial charge in [-0.3, -0.25) is 14.7 Å². The van der Waals surface area contributed by atoms with Crippen LogP contribution in [0.4, 0.5) is 0 Å². The Labute approximate surface area is 163 Å². The third kappa shape index (κ3) is 9.03. The van der Waals surface area contributed by atoms with Gasteiger partial charge in [0.1, 0.15) is 0 Å². The van der Waals surface area contributed by atoms with Crippen LogP contribution < -0.4 is 16.0 Å². The molecule has 8 heteroatoms. The Hall–Kier alpha value is -0.610. The molecule has 1 aliphatic rings. The van der Waals surface area contributed by atoms with E-state index in [4.69, 9.17) is 4.74 Å². The van der Waals surface area contributed by atoms with E-state index >= 15 is 0 Å². The molecule has 0 aliphatic carbocycles. The number of carbonyl (C=O) groups excluding carboxylic acids is 1. The summed E-state index contributed by atoms with van der Waals surface area (Å²) in [5, 5.41) is 9.27. The molecule has 142 valence electrons. The standard InChI is InChI=1S/C16H33N5O2.HI/c1-15(2,3)20-13(22)11-18-14(17-6)19-12-16(4,5)21-7-9-23-10-8-21;/h7-12H2,1-6H3,(H,20,22)(H2,17,18,19);1H. The van der Waals surface area contributed by atoms with Crippen molar-refractivity contribution in [1.82, 2.24) is 20.9 Å². The number of nitrogens with one attached hydrogen (secondary N) is 3. The molecule has 1 saturated heterocycles. The Morgan fingerprint density at radius 1 is 1.12 bits per heavy atom. The molecular formula is C16H34IN5O2. The minimum atomic E-state index is -0.228. The minimum Gasteiger partial charge on any atom is -0.379 e. The van der Waals surface area contributed by atoms with Crippen molar-refractivity contribution in [3.63, 3.8) is 0 Å². The summed E-state index contributed by atoms with van der Waals surface area (Å²) in [6, 6.07) is 0. The number of aliphatic imine (C=N–C) groups is 1. The molecule has 7 nitrogen and oxygen atoms in total. The Kier molecular flexibility index (Phi) is 10.1. The van der Waals surface area contributed by atoms with Crippen LogP contribution in [0.25, 0.3) is 0 Å². The molecule has 0 spiro atoms. The van der Waals surface area contributed by atoms with E-state index in [2.05, 4.69) is 39.7 Å². The van der Waals surface area contributed by atoms with Gasteiger partial charge in [0.05, 0.1) is 19.8 Å². The number of guanidine groups is 1. The summed E-state index contributed by atoms with van der Waals surface area (Å²) in [5.74, 6) is 0.586. The molecule has 0 aromatic heterocycles. The molecule has 0 bridgehead atoms. The summed E-state index contributed by atoms with van der Waals surface area (Å²) in [4.78, 5) is 18.4. The van der Waals surface area contributed by atoms with Crippen molar-refractivity contribution in [1.29, 1.82) is 0 Å². The van der Waals surface area contributed by atoms with Crippen molar-refractivity contribution >= 4 is 35.8 Å². The third-order valence-corrected chi connectivity index (χ3v) is 3.71. The lowest BCUT2D eigenvalue weighted by molar-refractivity contribution is -0.121. The molecule has 1 rings (SSSR count). The highest BCUT2D eigenvalue weighted by Crippen LogP contribution is 2.14. The zero-order valence-electron chi connectivity index (χ0n) is 15.9. The molecule has 0 aromatic carbocycles. The van der Waals surface area contributed by atoms with Crippen molar-refractivity contribution in [2.24, 2.45) is 4.99 Å². The normalized spacial score (nSPS) is 17.0.